The Morgan fingerprint density at radius 1 is 1.17 bits per heavy atom. The number of halogens is 1. The van der Waals surface area contributed by atoms with Crippen LogP contribution in [-0.4, -0.2) is 19.3 Å². The second-order valence-electron chi connectivity index (χ2n) is 5.88. The highest BCUT2D eigenvalue weighted by molar-refractivity contribution is 6.05. The molecule has 0 unspecified atom stereocenters. The quantitative estimate of drug-likeness (QED) is 0.570. The second kappa shape index (κ2) is 5.26. The minimum absolute atomic E-state index is 0.213. The van der Waals surface area contributed by atoms with E-state index in [9.17, 15) is 9.18 Å². The molecule has 0 saturated carbocycles. The zero-order chi connectivity index (χ0) is 16.8. The highest BCUT2D eigenvalue weighted by atomic mass is 19.1. The molecule has 0 radical (unpaired) electrons. The number of pyridine rings is 1. The second-order valence-corrected chi connectivity index (χ2v) is 5.88. The fraction of sp³-hybridized carbons (Fsp3) is 0.167. The predicted molar refractivity (Wildman–Crippen MR) is 90.5 cm³/mol. The summed E-state index contributed by atoms with van der Waals surface area (Å²) in [5.74, 6) is -0.328. The van der Waals surface area contributed by atoms with E-state index in [-0.39, 0.29) is 17.9 Å². The van der Waals surface area contributed by atoms with E-state index in [4.69, 9.17) is 0 Å². The molecule has 0 fully saturated rings. The molecule has 0 N–H and O–H groups in total. The van der Waals surface area contributed by atoms with Gasteiger partial charge in [0.1, 0.15) is 17.0 Å². The molecule has 4 aromatic rings. The van der Waals surface area contributed by atoms with Crippen molar-refractivity contribution in [1.29, 1.82) is 0 Å². The average molecular weight is 322 g/mol. The number of aromatic nitrogens is 4. The van der Waals surface area contributed by atoms with E-state index < -0.39 is 0 Å². The topological polar surface area (TPSA) is 52.7 Å². The van der Waals surface area contributed by atoms with Gasteiger partial charge in [0.15, 0.2) is 0 Å². The monoisotopic (exact) mass is 322 g/mol. The van der Waals surface area contributed by atoms with Crippen molar-refractivity contribution in [3.63, 3.8) is 0 Å². The van der Waals surface area contributed by atoms with Gasteiger partial charge in [-0.05, 0) is 36.8 Å². The lowest BCUT2D eigenvalue weighted by molar-refractivity contribution is 0.612. The van der Waals surface area contributed by atoms with Gasteiger partial charge in [0.25, 0.3) is 5.56 Å². The van der Waals surface area contributed by atoms with Gasteiger partial charge >= 0.3 is 0 Å². The normalized spacial score (nSPS) is 11.5. The molecule has 24 heavy (non-hydrogen) atoms. The summed E-state index contributed by atoms with van der Waals surface area (Å²) in [6.07, 6.45) is 1.68. The molecule has 0 aliphatic carbocycles. The Bertz CT molecular complexity index is 1140. The van der Waals surface area contributed by atoms with E-state index in [0.29, 0.717) is 11.1 Å². The van der Waals surface area contributed by atoms with Crippen molar-refractivity contribution in [2.24, 2.45) is 7.05 Å². The van der Waals surface area contributed by atoms with Crippen LogP contribution in [0.3, 0.4) is 0 Å². The van der Waals surface area contributed by atoms with Crippen LogP contribution in [0.2, 0.25) is 0 Å². The van der Waals surface area contributed by atoms with E-state index in [1.807, 2.05) is 26.1 Å². The number of hydrogen-bond donors (Lipinski definition) is 0. The molecule has 0 amide bonds. The molecular weight excluding hydrogens is 307 g/mol. The smallest absolute Gasteiger partial charge is 0.291 e. The van der Waals surface area contributed by atoms with Crippen LogP contribution in [0.1, 0.15) is 11.3 Å². The number of fused-ring (bicyclic) bond motifs is 3. The first-order valence-electron chi connectivity index (χ1n) is 7.61. The van der Waals surface area contributed by atoms with Crippen LogP contribution in [0.4, 0.5) is 4.39 Å². The van der Waals surface area contributed by atoms with Crippen molar-refractivity contribution in [2.75, 3.05) is 0 Å². The number of benzene rings is 1. The lowest BCUT2D eigenvalue weighted by Gasteiger charge is -2.05. The number of nitrogens with zero attached hydrogens (tertiary/aromatic N) is 4. The first-order chi connectivity index (χ1) is 11.5. The van der Waals surface area contributed by atoms with Gasteiger partial charge in [-0.1, -0.05) is 12.1 Å². The van der Waals surface area contributed by atoms with Crippen molar-refractivity contribution in [3.05, 3.63) is 70.0 Å². The van der Waals surface area contributed by atoms with Crippen LogP contribution >= 0.6 is 0 Å². The van der Waals surface area contributed by atoms with E-state index in [0.717, 1.165) is 22.1 Å². The molecule has 3 aromatic heterocycles. The van der Waals surface area contributed by atoms with Crippen molar-refractivity contribution >= 4 is 21.9 Å². The molecule has 0 spiro atoms. The Kier molecular flexibility index (Phi) is 3.19. The summed E-state index contributed by atoms with van der Waals surface area (Å²) < 4.78 is 16.5. The van der Waals surface area contributed by atoms with Crippen LogP contribution in [0.25, 0.3) is 21.9 Å². The summed E-state index contributed by atoms with van der Waals surface area (Å²) in [6, 6.07) is 10.1. The summed E-state index contributed by atoms with van der Waals surface area (Å²) in [5, 5.41) is 5.94. The number of rotatable bonds is 2. The summed E-state index contributed by atoms with van der Waals surface area (Å²) in [4.78, 5) is 17.4. The van der Waals surface area contributed by atoms with Crippen molar-refractivity contribution in [1.82, 2.24) is 19.3 Å². The SMILES string of the molecule is Cc1ccc2c3cnn(Cc4cccc(F)c4)c(=O)c3n(C)c2n1. The summed E-state index contributed by atoms with van der Waals surface area (Å²) in [7, 11) is 1.82. The van der Waals surface area contributed by atoms with Gasteiger partial charge in [-0.2, -0.15) is 5.10 Å². The zero-order valence-corrected chi connectivity index (χ0v) is 13.3. The third kappa shape index (κ3) is 2.19. The molecule has 120 valence electrons. The third-order valence-corrected chi connectivity index (χ3v) is 4.20. The van der Waals surface area contributed by atoms with Crippen LogP contribution in [0.15, 0.2) is 47.4 Å². The van der Waals surface area contributed by atoms with Crippen LogP contribution in [-0.2, 0) is 13.6 Å². The number of aryl methyl sites for hydroxylation is 2. The van der Waals surface area contributed by atoms with E-state index in [2.05, 4.69) is 10.1 Å². The minimum Gasteiger partial charge on any atom is -0.324 e. The van der Waals surface area contributed by atoms with Crippen LogP contribution < -0.4 is 5.56 Å². The molecule has 0 aliphatic rings. The Hall–Kier alpha value is -3.02. The molecule has 0 bridgehead atoms. The Morgan fingerprint density at radius 2 is 2.00 bits per heavy atom. The summed E-state index contributed by atoms with van der Waals surface area (Å²) >= 11 is 0. The van der Waals surface area contributed by atoms with Crippen LogP contribution in [0.5, 0.6) is 0 Å². The zero-order valence-electron chi connectivity index (χ0n) is 13.3. The molecular formula is C18H15FN4O. The van der Waals surface area contributed by atoms with Crippen molar-refractivity contribution in [2.45, 2.75) is 13.5 Å². The van der Waals surface area contributed by atoms with Gasteiger partial charge in [0, 0.05) is 23.5 Å². The fourth-order valence-corrected chi connectivity index (χ4v) is 3.04. The molecule has 5 nitrogen and oxygen atoms in total. The molecule has 0 aliphatic heterocycles. The lowest BCUT2D eigenvalue weighted by atomic mass is 10.2. The van der Waals surface area contributed by atoms with E-state index in [1.165, 1.54) is 16.8 Å². The van der Waals surface area contributed by atoms with E-state index in [1.54, 1.807) is 22.9 Å². The maximum Gasteiger partial charge on any atom is 0.291 e. The highest BCUT2D eigenvalue weighted by Crippen LogP contribution is 2.24. The average Bonchev–Trinajstić information content (AvgIpc) is 2.83. The first-order valence-corrected chi connectivity index (χ1v) is 7.61. The molecule has 6 heteroatoms. The van der Waals surface area contributed by atoms with Gasteiger partial charge in [-0.15, -0.1) is 0 Å². The minimum atomic E-state index is -0.328. The standard InChI is InChI=1S/C18H15FN4O/c1-11-6-7-14-15-9-20-23(10-12-4-3-5-13(19)8-12)18(24)16(15)22(2)17(14)21-11/h3-9H,10H2,1-2H3. The van der Waals surface area contributed by atoms with Gasteiger partial charge < -0.3 is 4.57 Å². The third-order valence-electron chi connectivity index (χ3n) is 4.20. The maximum absolute atomic E-state index is 13.3. The largest absolute Gasteiger partial charge is 0.324 e. The Labute approximate surface area is 137 Å². The van der Waals surface area contributed by atoms with Crippen molar-refractivity contribution < 1.29 is 4.39 Å². The molecule has 0 saturated heterocycles. The lowest BCUT2D eigenvalue weighted by Crippen LogP contribution is -2.24. The Morgan fingerprint density at radius 3 is 2.79 bits per heavy atom. The summed E-state index contributed by atoms with van der Waals surface area (Å²) in [6.45, 7) is 2.14. The van der Waals surface area contributed by atoms with Crippen molar-refractivity contribution in [3.8, 4) is 0 Å². The fourth-order valence-electron chi connectivity index (χ4n) is 3.04. The Balaban J connectivity index is 1.93. The maximum atomic E-state index is 13.3. The van der Waals surface area contributed by atoms with Crippen LogP contribution in [0, 0.1) is 12.7 Å². The highest BCUT2D eigenvalue weighted by Gasteiger charge is 2.15. The molecule has 4 rings (SSSR count). The van der Waals surface area contributed by atoms with Gasteiger partial charge in [0.05, 0.1) is 12.7 Å². The van der Waals surface area contributed by atoms with Gasteiger partial charge in [-0.25, -0.2) is 14.1 Å². The first kappa shape index (κ1) is 14.6. The molecule has 0 atom stereocenters. The summed E-state index contributed by atoms with van der Waals surface area (Å²) in [5.41, 5.74) is 2.68. The van der Waals surface area contributed by atoms with E-state index >= 15 is 0 Å². The molecule has 1 aromatic carbocycles. The van der Waals surface area contributed by atoms with Gasteiger partial charge in [-0.3, -0.25) is 4.79 Å². The number of hydrogen-bond acceptors (Lipinski definition) is 3. The molecule has 3 heterocycles. The van der Waals surface area contributed by atoms with Gasteiger partial charge in [0.2, 0.25) is 0 Å². The predicted octanol–water partition coefficient (Wildman–Crippen LogP) is 2.78.